The third kappa shape index (κ3) is 41.1. The molecular formula is C14H36. The van der Waals surface area contributed by atoms with Gasteiger partial charge in [-0.25, -0.2) is 0 Å². The van der Waals surface area contributed by atoms with Crippen molar-refractivity contribution in [1.82, 2.24) is 0 Å². The molecule has 0 aliphatic rings. The first-order chi connectivity index (χ1) is 5.59. The average molecular weight is 204 g/mol. The quantitative estimate of drug-likeness (QED) is 0.471. The van der Waals surface area contributed by atoms with E-state index in [9.17, 15) is 0 Å². The largest absolute Gasteiger partial charge is 0.103 e. The van der Waals surface area contributed by atoms with Gasteiger partial charge in [0.05, 0.1) is 0 Å². The van der Waals surface area contributed by atoms with Crippen LogP contribution in [0.25, 0.3) is 0 Å². The lowest BCUT2D eigenvalue weighted by atomic mass is 9.96. The Kier molecular flexibility index (Phi) is 61.1. The van der Waals surface area contributed by atoms with Crippen LogP contribution in [0.2, 0.25) is 0 Å². The predicted octanol–water partition coefficient (Wildman–Crippen LogP) is 6.18. The molecule has 0 aliphatic heterocycles. The SMILES string of the molecule is C.C.C=CC.CC.CCC(C)C(C)C. The summed E-state index contributed by atoms with van der Waals surface area (Å²) in [6, 6.07) is 0. The van der Waals surface area contributed by atoms with E-state index in [2.05, 4.69) is 34.3 Å². The first-order valence-electron chi connectivity index (χ1n) is 5.17. The molecule has 0 saturated heterocycles. The van der Waals surface area contributed by atoms with Crippen molar-refractivity contribution in [3.8, 4) is 0 Å². The number of allylic oxidation sites excluding steroid dienone is 1. The molecule has 1 unspecified atom stereocenters. The Morgan fingerprint density at radius 1 is 1.07 bits per heavy atom. The molecule has 0 N–H and O–H groups in total. The van der Waals surface area contributed by atoms with Crippen LogP contribution in [-0.2, 0) is 0 Å². The third-order valence-corrected chi connectivity index (χ3v) is 1.78. The molecule has 92 valence electrons. The normalized spacial score (nSPS) is 8.86. The molecule has 0 heterocycles. The Hall–Kier alpha value is -0.260. The van der Waals surface area contributed by atoms with Gasteiger partial charge in [0.2, 0.25) is 0 Å². The molecule has 0 amide bonds. The van der Waals surface area contributed by atoms with E-state index < -0.39 is 0 Å². The zero-order valence-corrected chi connectivity index (χ0v) is 10.1. The molecule has 0 nitrogen and oxygen atoms in total. The van der Waals surface area contributed by atoms with Crippen LogP contribution >= 0.6 is 0 Å². The molecule has 0 rings (SSSR count). The number of rotatable bonds is 2. The second-order valence-corrected chi connectivity index (χ2v) is 3.04. The van der Waals surface area contributed by atoms with Gasteiger partial charge in [-0.15, -0.1) is 6.58 Å². The number of hydrogen-bond donors (Lipinski definition) is 0. The van der Waals surface area contributed by atoms with Crippen LogP contribution in [0, 0.1) is 11.8 Å². The fourth-order valence-corrected chi connectivity index (χ4v) is 0.471. The lowest BCUT2D eigenvalue weighted by molar-refractivity contribution is 0.407. The van der Waals surface area contributed by atoms with E-state index in [1.165, 1.54) is 6.42 Å². The van der Waals surface area contributed by atoms with Crippen molar-refractivity contribution < 1.29 is 0 Å². The first kappa shape index (κ1) is 29.2. The highest BCUT2D eigenvalue weighted by molar-refractivity contribution is 4.52. The van der Waals surface area contributed by atoms with Crippen molar-refractivity contribution in [2.45, 2.75) is 69.7 Å². The molecule has 0 aromatic heterocycles. The zero-order valence-electron chi connectivity index (χ0n) is 10.1. The van der Waals surface area contributed by atoms with E-state index >= 15 is 0 Å². The molecule has 0 bridgehead atoms. The fraction of sp³-hybridized carbons (Fsp3) is 0.857. The molecular weight excluding hydrogens is 168 g/mol. The maximum absolute atomic E-state index is 3.36. The van der Waals surface area contributed by atoms with E-state index in [1.807, 2.05) is 20.8 Å². The molecule has 0 aliphatic carbocycles. The summed E-state index contributed by atoms with van der Waals surface area (Å²) in [5.41, 5.74) is 0. The second kappa shape index (κ2) is 29.3. The van der Waals surface area contributed by atoms with Gasteiger partial charge in [-0.2, -0.15) is 0 Å². The summed E-state index contributed by atoms with van der Waals surface area (Å²) in [6.45, 7) is 18.3. The van der Waals surface area contributed by atoms with Crippen LogP contribution < -0.4 is 0 Å². The minimum atomic E-state index is 0. The summed E-state index contributed by atoms with van der Waals surface area (Å²) < 4.78 is 0. The maximum atomic E-state index is 3.36. The minimum absolute atomic E-state index is 0. The lowest BCUT2D eigenvalue weighted by Crippen LogP contribution is -2.00. The van der Waals surface area contributed by atoms with Crippen LogP contribution in [0.5, 0.6) is 0 Å². The third-order valence-electron chi connectivity index (χ3n) is 1.78. The average Bonchev–Trinajstić information content (AvgIpc) is 2.08. The van der Waals surface area contributed by atoms with Crippen LogP contribution in [0.1, 0.15) is 69.7 Å². The van der Waals surface area contributed by atoms with Gasteiger partial charge >= 0.3 is 0 Å². The van der Waals surface area contributed by atoms with E-state index in [-0.39, 0.29) is 14.9 Å². The topological polar surface area (TPSA) is 0 Å². The van der Waals surface area contributed by atoms with E-state index in [1.54, 1.807) is 6.08 Å². The Morgan fingerprint density at radius 3 is 1.29 bits per heavy atom. The van der Waals surface area contributed by atoms with Gasteiger partial charge in [-0.1, -0.05) is 68.9 Å². The van der Waals surface area contributed by atoms with Crippen LogP contribution in [0.4, 0.5) is 0 Å². The summed E-state index contributed by atoms with van der Waals surface area (Å²) in [5, 5.41) is 0. The van der Waals surface area contributed by atoms with Crippen LogP contribution in [0.15, 0.2) is 12.7 Å². The Balaban J connectivity index is -0.0000000337. The van der Waals surface area contributed by atoms with Gasteiger partial charge in [0.15, 0.2) is 0 Å². The summed E-state index contributed by atoms with van der Waals surface area (Å²) in [6.07, 6.45) is 3.07. The van der Waals surface area contributed by atoms with Crippen molar-refractivity contribution in [1.29, 1.82) is 0 Å². The van der Waals surface area contributed by atoms with Crippen molar-refractivity contribution in [2.24, 2.45) is 11.8 Å². The van der Waals surface area contributed by atoms with Gasteiger partial charge in [0.1, 0.15) is 0 Å². The highest BCUT2D eigenvalue weighted by atomic mass is 14.1. The molecule has 0 radical (unpaired) electrons. The van der Waals surface area contributed by atoms with Crippen LogP contribution in [0.3, 0.4) is 0 Å². The second-order valence-electron chi connectivity index (χ2n) is 3.04. The maximum Gasteiger partial charge on any atom is -0.0422 e. The molecule has 14 heavy (non-hydrogen) atoms. The molecule has 0 aromatic rings. The smallest absolute Gasteiger partial charge is 0.0422 e. The summed E-state index contributed by atoms with van der Waals surface area (Å²) in [7, 11) is 0. The Bertz CT molecular complexity index is 62.4. The minimum Gasteiger partial charge on any atom is -0.103 e. The molecule has 0 saturated carbocycles. The van der Waals surface area contributed by atoms with E-state index in [4.69, 9.17) is 0 Å². The summed E-state index contributed by atoms with van der Waals surface area (Å²) >= 11 is 0. The van der Waals surface area contributed by atoms with Crippen molar-refractivity contribution in [3.05, 3.63) is 12.7 Å². The van der Waals surface area contributed by atoms with E-state index in [0.717, 1.165) is 11.8 Å². The molecule has 0 fully saturated rings. The standard InChI is InChI=1S/C7H16.C3H6.C2H6.2CH4/c1-5-7(4)6(2)3;1-3-2;1-2;;/h6-7H,5H2,1-4H3;3H,1H2,2H3;1-2H3;2*1H4. The van der Waals surface area contributed by atoms with Crippen molar-refractivity contribution in [2.75, 3.05) is 0 Å². The predicted molar refractivity (Wildman–Crippen MR) is 75.0 cm³/mol. The van der Waals surface area contributed by atoms with Crippen molar-refractivity contribution in [3.63, 3.8) is 0 Å². The summed E-state index contributed by atoms with van der Waals surface area (Å²) in [4.78, 5) is 0. The molecule has 0 spiro atoms. The summed E-state index contributed by atoms with van der Waals surface area (Å²) in [5.74, 6) is 1.77. The van der Waals surface area contributed by atoms with Gasteiger partial charge in [-0.3, -0.25) is 0 Å². The fourth-order valence-electron chi connectivity index (χ4n) is 0.471. The lowest BCUT2D eigenvalue weighted by Gasteiger charge is -2.10. The van der Waals surface area contributed by atoms with Crippen LogP contribution in [-0.4, -0.2) is 0 Å². The van der Waals surface area contributed by atoms with Gasteiger partial charge < -0.3 is 0 Å². The monoisotopic (exact) mass is 204 g/mol. The Morgan fingerprint density at radius 2 is 1.29 bits per heavy atom. The molecule has 0 heteroatoms. The zero-order chi connectivity index (χ0) is 10.6. The van der Waals surface area contributed by atoms with Gasteiger partial charge in [0, 0.05) is 0 Å². The highest BCUT2D eigenvalue weighted by Gasteiger charge is 2.01. The first-order valence-corrected chi connectivity index (χ1v) is 5.17. The number of hydrogen-bond acceptors (Lipinski definition) is 0. The highest BCUT2D eigenvalue weighted by Crippen LogP contribution is 2.11. The molecule has 0 aromatic carbocycles. The molecule has 1 atom stereocenters. The van der Waals surface area contributed by atoms with Crippen molar-refractivity contribution >= 4 is 0 Å². The van der Waals surface area contributed by atoms with E-state index in [0.29, 0.717) is 0 Å². The van der Waals surface area contributed by atoms with Gasteiger partial charge in [0.25, 0.3) is 0 Å². The Labute approximate surface area is 94.8 Å². The van der Waals surface area contributed by atoms with Gasteiger partial charge in [-0.05, 0) is 18.8 Å².